The number of carbonyl (C=O) groups excluding carboxylic acids is 1. The molecule has 9 heteroatoms. The Morgan fingerprint density at radius 1 is 1.41 bits per heavy atom. The van der Waals surface area contributed by atoms with E-state index in [2.05, 4.69) is 20.9 Å². The smallest absolute Gasteiger partial charge is 0.275 e. The largest absolute Gasteiger partial charge is 0.406 e. The number of anilines is 1. The van der Waals surface area contributed by atoms with Gasteiger partial charge in [0.2, 0.25) is 0 Å². The zero-order valence-electron chi connectivity index (χ0n) is 11.1. The molecule has 0 atom stereocenters. The summed E-state index contributed by atoms with van der Waals surface area (Å²) < 4.78 is 51.8. The third-order valence-corrected chi connectivity index (χ3v) is 4.25. The molecule has 2 aromatic rings. The second kappa shape index (κ2) is 6.33. The van der Waals surface area contributed by atoms with Gasteiger partial charge in [-0.2, -0.15) is 13.2 Å². The Hall–Kier alpha value is -1.48. The van der Waals surface area contributed by atoms with Gasteiger partial charge >= 0.3 is 6.18 Å². The maximum Gasteiger partial charge on any atom is 0.406 e. The van der Waals surface area contributed by atoms with Crippen LogP contribution in [0.15, 0.2) is 28.1 Å². The fraction of sp³-hybridized carbons (Fsp3) is 0.231. The lowest BCUT2D eigenvalue weighted by molar-refractivity contribution is -0.118. The van der Waals surface area contributed by atoms with Crippen LogP contribution in [0.4, 0.5) is 22.7 Å². The molecule has 3 nitrogen and oxygen atoms in total. The third kappa shape index (κ3) is 4.04. The van der Waals surface area contributed by atoms with E-state index in [1.807, 2.05) is 0 Å². The molecule has 0 spiro atoms. The van der Waals surface area contributed by atoms with Crippen molar-refractivity contribution < 1.29 is 22.4 Å². The Bertz CT molecular complexity index is 702. The minimum absolute atomic E-state index is 0.0870. The summed E-state index contributed by atoms with van der Waals surface area (Å²) in [4.78, 5) is 16.8. The summed E-state index contributed by atoms with van der Waals surface area (Å²) >= 11 is 3.96. The highest BCUT2D eigenvalue weighted by Gasteiger charge is 2.36. The summed E-state index contributed by atoms with van der Waals surface area (Å²) in [6, 6.07) is 3.25. The van der Waals surface area contributed by atoms with Gasteiger partial charge in [-0.15, -0.1) is 11.3 Å². The van der Waals surface area contributed by atoms with E-state index in [1.165, 1.54) is 11.4 Å². The van der Waals surface area contributed by atoms with Crippen molar-refractivity contribution in [2.45, 2.75) is 13.1 Å². The van der Waals surface area contributed by atoms with Crippen molar-refractivity contribution in [1.82, 2.24) is 4.98 Å². The number of aromatic nitrogens is 1. The topological polar surface area (TPSA) is 33.2 Å². The lowest BCUT2D eigenvalue weighted by Crippen LogP contribution is -2.39. The van der Waals surface area contributed by atoms with Crippen LogP contribution in [-0.4, -0.2) is 23.6 Å². The summed E-state index contributed by atoms with van der Waals surface area (Å²) in [6.45, 7) is 0.107. The number of nitrogens with zero attached hydrogens (tertiary/aromatic N) is 2. The number of halogens is 5. The fourth-order valence-electron chi connectivity index (χ4n) is 1.68. The summed E-state index contributed by atoms with van der Waals surface area (Å²) in [5.74, 6) is -1.69. The highest BCUT2D eigenvalue weighted by molar-refractivity contribution is 9.10. The number of hydrogen-bond donors (Lipinski definition) is 0. The van der Waals surface area contributed by atoms with Crippen LogP contribution >= 0.6 is 27.3 Å². The molecule has 0 aliphatic heterocycles. The zero-order valence-corrected chi connectivity index (χ0v) is 13.5. The van der Waals surface area contributed by atoms with Gasteiger partial charge in [0.25, 0.3) is 5.91 Å². The van der Waals surface area contributed by atoms with Crippen LogP contribution in [0.25, 0.3) is 0 Å². The van der Waals surface area contributed by atoms with Crippen LogP contribution < -0.4 is 4.90 Å². The first kappa shape index (κ1) is 16.9. The molecule has 0 bridgehead atoms. The first-order valence-corrected chi connectivity index (χ1v) is 7.60. The van der Waals surface area contributed by atoms with Gasteiger partial charge in [0.1, 0.15) is 12.4 Å². The normalized spacial score (nSPS) is 11.5. The van der Waals surface area contributed by atoms with Crippen molar-refractivity contribution in [3.63, 3.8) is 0 Å². The van der Waals surface area contributed by atoms with Gasteiger partial charge < -0.3 is 0 Å². The second-order valence-corrected chi connectivity index (χ2v) is 6.09. The molecule has 118 valence electrons. The number of benzene rings is 1. The maximum absolute atomic E-state index is 13.3. The van der Waals surface area contributed by atoms with Crippen LogP contribution in [-0.2, 0) is 0 Å². The van der Waals surface area contributed by atoms with E-state index >= 15 is 0 Å². The minimum atomic E-state index is -4.60. The molecular weight excluding hydrogens is 388 g/mol. The average Bonchev–Trinajstić information content (AvgIpc) is 2.83. The molecule has 1 heterocycles. The number of carbonyl (C=O) groups is 1. The number of alkyl halides is 3. The molecule has 0 saturated carbocycles. The lowest BCUT2D eigenvalue weighted by Gasteiger charge is -2.22. The van der Waals surface area contributed by atoms with Gasteiger partial charge in [0.05, 0.1) is 11.3 Å². The molecule has 0 aliphatic carbocycles. The molecule has 0 aliphatic rings. The molecule has 2 rings (SSSR count). The van der Waals surface area contributed by atoms with Gasteiger partial charge in [-0.1, -0.05) is 0 Å². The van der Waals surface area contributed by atoms with Gasteiger partial charge in [0, 0.05) is 9.85 Å². The van der Waals surface area contributed by atoms with E-state index in [1.54, 1.807) is 6.92 Å². The standard InChI is InChI=1S/C13H9BrF4N2OS/c1-7-5-22-12(19-7)20(6-13(16,17)18)11(21)9-4-8(15)2-3-10(9)14/h2-5H,6H2,1H3. The first-order chi connectivity index (χ1) is 10.2. The Kier molecular flexibility index (Phi) is 4.86. The molecule has 0 N–H and O–H groups in total. The van der Waals surface area contributed by atoms with Crippen LogP contribution in [0, 0.1) is 12.7 Å². The van der Waals surface area contributed by atoms with E-state index in [4.69, 9.17) is 0 Å². The van der Waals surface area contributed by atoms with Crippen LogP contribution in [0.1, 0.15) is 16.1 Å². The Morgan fingerprint density at radius 2 is 2.09 bits per heavy atom. The van der Waals surface area contributed by atoms with E-state index in [0.29, 0.717) is 10.6 Å². The molecule has 1 aromatic carbocycles. The van der Waals surface area contributed by atoms with E-state index in [9.17, 15) is 22.4 Å². The summed E-state index contributed by atoms with van der Waals surface area (Å²) in [6.07, 6.45) is -4.60. The Labute approximate surface area is 135 Å². The quantitative estimate of drug-likeness (QED) is 0.712. The summed E-state index contributed by atoms with van der Waals surface area (Å²) in [5, 5.41) is 1.45. The van der Waals surface area contributed by atoms with Crippen molar-refractivity contribution in [2.75, 3.05) is 11.4 Å². The number of aryl methyl sites for hydroxylation is 1. The number of hydrogen-bond acceptors (Lipinski definition) is 3. The Balaban J connectivity index is 2.44. The minimum Gasteiger partial charge on any atom is -0.275 e. The van der Waals surface area contributed by atoms with Crippen LogP contribution in [0.2, 0.25) is 0 Å². The van der Waals surface area contributed by atoms with E-state index in [0.717, 1.165) is 23.5 Å². The van der Waals surface area contributed by atoms with E-state index in [-0.39, 0.29) is 15.2 Å². The SMILES string of the molecule is Cc1csc(N(CC(F)(F)F)C(=O)c2cc(F)ccc2Br)n1. The zero-order chi connectivity index (χ0) is 16.5. The van der Waals surface area contributed by atoms with Crippen molar-refractivity contribution >= 4 is 38.3 Å². The first-order valence-electron chi connectivity index (χ1n) is 5.93. The predicted octanol–water partition coefficient (Wildman–Crippen LogP) is 4.56. The number of thiazole rings is 1. The van der Waals surface area contributed by atoms with Crippen molar-refractivity contribution in [3.8, 4) is 0 Å². The highest BCUT2D eigenvalue weighted by atomic mass is 79.9. The number of amides is 1. The third-order valence-electron chi connectivity index (χ3n) is 2.58. The van der Waals surface area contributed by atoms with Gasteiger partial charge in [-0.25, -0.2) is 9.37 Å². The Morgan fingerprint density at radius 3 is 2.64 bits per heavy atom. The van der Waals surface area contributed by atoms with Gasteiger partial charge in [-0.05, 0) is 41.1 Å². The van der Waals surface area contributed by atoms with Gasteiger partial charge in [-0.3, -0.25) is 9.69 Å². The van der Waals surface area contributed by atoms with Crippen LogP contribution in [0.3, 0.4) is 0 Å². The lowest BCUT2D eigenvalue weighted by atomic mass is 10.2. The predicted molar refractivity (Wildman–Crippen MR) is 78.7 cm³/mol. The van der Waals surface area contributed by atoms with Crippen molar-refractivity contribution in [2.24, 2.45) is 0 Å². The average molecular weight is 397 g/mol. The van der Waals surface area contributed by atoms with Crippen molar-refractivity contribution in [3.05, 3.63) is 45.1 Å². The molecule has 0 fully saturated rings. The monoisotopic (exact) mass is 396 g/mol. The molecule has 1 amide bonds. The van der Waals surface area contributed by atoms with Crippen LogP contribution in [0.5, 0.6) is 0 Å². The number of rotatable bonds is 3. The molecule has 0 saturated heterocycles. The summed E-state index contributed by atoms with van der Waals surface area (Å²) in [5.41, 5.74) is 0.301. The van der Waals surface area contributed by atoms with Crippen molar-refractivity contribution in [1.29, 1.82) is 0 Å². The molecule has 0 radical (unpaired) electrons. The van der Waals surface area contributed by atoms with E-state index < -0.39 is 24.4 Å². The van der Waals surface area contributed by atoms with Gasteiger partial charge in [0.15, 0.2) is 5.13 Å². The second-order valence-electron chi connectivity index (χ2n) is 4.40. The molecule has 22 heavy (non-hydrogen) atoms. The summed E-state index contributed by atoms with van der Waals surface area (Å²) in [7, 11) is 0. The highest BCUT2D eigenvalue weighted by Crippen LogP contribution is 2.29. The molecular formula is C13H9BrF4N2OS. The maximum atomic E-state index is 13.3. The fourth-order valence-corrected chi connectivity index (χ4v) is 2.89. The molecule has 1 aromatic heterocycles. The molecule has 0 unspecified atom stereocenters.